The number of nitrogens with two attached hydrogens (primary N) is 1. The van der Waals surface area contributed by atoms with Gasteiger partial charge in [0, 0.05) is 11.1 Å². The van der Waals surface area contributed by atoms with Crippen molar-refractivity contribution in [3.63, 3.8) is 0 Å². The zero-order chi connectivity index (χ0) is 21.3. The van der Waals surface area contributed by atoms with Crippen LogP contribution in [0, 0.1) is 11.8 Å². The van der Waals surface area contributed by atoms with Gasteiger partial charge < -0.3 is 19.1 Å². The minimum atomic E-state index is -3.42. The molecule has 29 heavy (non-hydrogen) atoms. The minimum Gasteiger partial charge on any atom is -0.497 e. The van der Waals surface area contributed by atoms with Crippen LogP contribution in [-0.2, 0) is 20.2 Å². The van der Waals surface area contributed by atoms with Gasteiger partial charge in [-0.1, -0.05) is 58.0 Å². The fraction of sp³-hybridized carbons (Fsp3) is 0.478. The lowest BCUT2D eigenvalue weighted by Crippen LogP contribution is -2.83. The van der Waals surface area contributed by atoms with Crippen molar-refractivity contribution in [2.45, 2.75) is 40.0 Å². The molecule has 0 aliphatic heterocycles. The number of methoxy groups -OCH3 is 1. The standard InChI is InChI=1S/C23H34NO4P/c1-18(2)16-27-29(25,28-17-19(3)4)23(21-11-13-22(26-5)14-12-21)24-15-20-9-7-6-8-10-20/h6-14,18-19,23-24H,15-17H2,1-5H3/p+1/t23-/m0/s1. The maximum absolute atomic E-state index is 14.0. The highest BCUT2D eigenvalue weighted by molar-refractivity contribution is 7.53. The quantitative estimate of drug-likeness (QED) is 0.491. The lowest BCUT2D eigenvalue weighted by Gasteiger charge is -2.27. The summed E-state index contributed by atoms with van der Waals surface area (Å²) in [7, 11) is -1.78. The van der Waals surface area contributed by atoms with Crippen molar-refractivity contribution < 1.29 is 23.7 Å². The Balaban J connectivity index is 2.34. The summed E-state index contributed by atoms with van der Waals surface area (Å²) in [4.78, 5) is 0. The zero-order valence-corrected chi connectivity index (χ0v) is 19.1. The van der Waals surface area contributed by atoms with Gasteiger partial charge in [0.05, 0.1) is 20.3 Å². The van der Waals surface area contributed by atoms with E-state index in [1.165, 1.54) is 0 Å². The van der Waals surface area contributed by atoms with Crippen molar-refractivity contribution in [3.05, 3.63) is 65.7 Å². The Bertz CT molecular complexity index is 746. The molecule has 2 aromatic carbocycles. The van der Waals surface area contributed by atoms with Gasteiger partial charge in [-0.3, -0.25) is 4.57 Å². The van der Waals surface area contributed by atoms with Gasteiger partial charge >= 0.3 is 7.60 Å². The number of quaternary nitrogens is 1. The Hall–Kier alpha value is -1.65. The molecule has 1 atom stereocenters. The van der Waals surface area contributed by atoms with Crippen LogP contribution >= 0.6 is 7.60 Å². The predicted molar refractivity (Wildman–Crippen MR) is 117 cm³/mol. The van der Waals surface area contributed by atoms with Crippen LogP contribution < -0.4 is 10.1 Å². The van der Waals surface area contributed by atoms with Crippen LogP contribution in [0.1, 0.15) is 44.6 Å². The van der Waals surface area contributed by atoms with Gasteiger partial charge in [-0.15, -0.1) is 0 Å². The predicted octanol–water partition coefficient (Wildman–Crippen LogP) is 5.00. The molecule has 0 aliphatic carbocycles. The van der Waals surface area contributed by atoms with Gasteiger partial charge in [-0.2, -0.15) is 0 Å². The van der Waals surface area contributed by atoms with Crippen molar-refractivity contribution in [3.8, 4) is 5.75 Å². The summed E-state index contributed by atoms with van der Waals surface area (Å²) in [6.07, 6.45) is 0. The van der Waals surface area contributed by atoms with Gasteiger partial charge in [0.25, 0.3) is 0 Å². The smallest absolute Gasteiger partial charge is 0.392 e. The normalized spacial score (nSPS) is 13.1. The zero-order valence-electron chi connectivity index (χ0n) is 18.2. The average molecular weight is 421 g/mol. The third-order valence-corrected chi connectivity index (χ3v) is 6.60. The fourth-order valence-electron chi connectivity index (χ4n) is 2.81. The molecule has 0 aromatic heterocycles. The third kappa shape index (κ3) is 7.60. The van der Waals surface area contributed by atoms with Gasteiger partial charge in [-0.25, -0.2) is 0 Å². The third-order valence-electron chi connectivity index (χ3n) is 4.39. The first-order valence-electron chi connectivity index (χ1n) is 10.2. The number of hydrogen-bond acceptors (Lipinski definition) is 4. The van der Waals surface area contributed by atoms with E-state index in [4.69, 9.17) is 13.8 Å². The second-order valence-corrected chi connectivity index (χ2v) is 10.2. The molecular formula is C23H35NO4P+. The molecule has 160 valence electrons. The Morgan fingerprint density at radius 1 is 0.862 bits per heavy atom. The summed E-state index contributed by atoms with van der Waals surface area (Å²) in [5.74, 6) is 0.830. The van der Waals surface area contributed by atoms with Crippen molar-refractivity contribution in [1.82, 2.24) is 0 Å². The maximum Gasteiger partial charge on any atom is 0.392 e. The molecular weight excluding hydrogens is 385 g/mol. The average Bonchev–Trinajstić information content (AvgIpc) is 2.72. The monoisotopic (exact) mass is 420 g/mol. The molecule has 0 amide bonds. The van der Waals surface area contributed by atoms with E-state index < -0.39 is 13.4 Å². The van der Waals surface area contributed by atoms with E-state index in [1.807, 2.05) is 70.2 Å². The highest BCUT2D eigenvalue weighted by Crippen LogP contribution is 2.58. The van der Waals surface area contributed by atoms with Crippen LogP contribution in [0.3, 0.4) is 0 Å². The number of hydrogen-bond donors (Lipinski definition) is 1. The van der Waals surface area contributed by atoms with Gasteiger partial charge in [-0.05, 0) is 36.1 Å². The van der Waals surface area contributed by atoms with Crippen LogP contribution in [0.25, 0.3) is 0 Å². The molecule has 0 spiro atoms. The Morgan fingerprint density at radius 2 is 1.41 bits per heavy atom. The summed E-state index contributed by atoms with van der Waals surface area (Å²) in [5.41, 5.74) is 2.06. The molecule has 2 N–H and O–H groups in total. The molecule has 0 fully saturated rings. The summed E-state index contributed by atoms with van der Waals surface area (Å²) in [6, 6.07) is 17.8. The van der Waals surface area contributed by atoms with E-state index in [9.17, 15) is 4.57 Å². The molecule has 2 rings (SSSR count). The number of benzene rings is 2. The summed E-state index contributed by atoms with van der Waals surface area (Å²) in [5, 5.41) is 2.05. The van der Waals surface area contributed by atoms with Crippen LogP contribution in [0.5, 0.6) is 5.75 Å². The Morgan fingerprint density at radius 3 is 1.90 bits per heavy atom. The van der Waals surface area contributed by atoms with E-state index in [2.05, 4.69) is 17.4 Å². The first-order chi connectivity index (χ1) is 13.8. The van der Waals surface area contributed by atoms with E-state index in [0.29, 0.717) is 19.8 Å². The highest BCUT2D eigenvalue weighted by Gasteiger charge is 2.41. The van der Waals surface area contributed by atoms with Gasteiger partial charge in [0.1, 0.15) is 12.3 Å². The second-order valence-electron chi connectivity index (χ2n) is 8.06. The van der Waals surface area contributed by atoms with Crippen molar-refractivity contribution in [2.24, 2.45) is 11.8 Å². The molecule has 5 nitrogen and oxygen atoms in total. The SMILES string of the molecule is COc1ccc([C@@H]([NH2+]Cc2ccccc2)P(=O)(OCC(C)C)OCC(C)C)cc1. The molecule has 0 heterocycles. The summed E-state index contributed by atoms with van der Waals surface area (Å²) < 4.78 is 31.2. The molecule has 0 saturated carbocycles. The first-order valence-corrected chi connectivity index (χ1v) is 11.8. The van der Waals surface area contributed by atoms with Crippen LogP contribution in [0.15, 0.2) is 54.6 Å². The van der Waals surface area contributed by atoms with Crippen LogP contribution in [0.2, 0.25) is 0 Å². The summed E-state index contributed by atoms with van der Waals surface area (Å²) >= 11 is 0. The van der Waals surface area contributed by atoms with Gasteiger partial charge in [0.15, 0.2) is 0 Å². The molecule has 6 heteroatoms. The van der Waals surface area contributed by atoms with E-state index >= 15 is 0 Å². The Labute approximate surface area is 175 Å². The summed E-state index contributed by atoms with van der Waals surface area (Å²) in [6.45, 7) is 9.64. The van der Waals surface area contributed by atoms with Crippen molar-refractivity contribution in [1.29, 1.82) is 0 Å². The van der Waals surface area contributed by atoms with Crippen molar-refractivity contribution in [2.75, 3.05) is 20.3 Å². The lowest BCUT2D eigenvalue weighted by atomic mass is 10.2. The fourth-order valence-corrected chi connectivity index (χ4v) is 5.12. The van der Waals surface area contributed by atoms with Crippen molar-refractivity contribution >= 4 is 7.60 Å². The van der Waals surface area contributed by atoms with E-state index in [0.717, 1.165) is 16.9 Å². The molecule has 0 unspecified atom stereocenters. The molecule has 0 radical (unpaired) electrons. The largest absolute Gasteiger partial charge is 0.497 e. The van der Waals surface area contributed by atoms with Crippen LogP contribution in [-0.4, -0.2) is 20.3 Å². The number of rotatable bonds is 12. The molecule has 2 aromatic rings. The van der Waals surface area contributed by atoms with Gasteiger partial charge in [0.2, 0.25) is 5.78 Å². The molecule has 0 saturated heterocycles. The maximum atomic E-state index is 14.0. The highest BCUT2D eigenvalue weighted by atomic mass is 31.2. The number of ether oxygens (including phenoxy) is 1. The Kier molecular flexibility index (Phi) is 9.38. The van der Waals surface area contributed by atoms with Crippen LogP contribution in [0.4, 0.5) is 0 Å². The lowest BCUT2D eigenvalue weighted by molar-refractivity contribution is -0.693. The topological polar surface area (TPSA) is 61.4 Å². The van der Waals surface area contributed by atoms with E-state index in [1.54, 1.807) is 7.11 Å². The molecule has 0 bridgehead atoms. The minimum absolute atomic E-state index is 0.261. The van der Waals surface area contributed by atoms with E-state index in [-0.39, 0.29) is 11.8 Å². The molecule has 0 aliphatic rings. The second kappa shape index (κ2) is 11.5. The first kappa shape index (κ1) is 23.6.